The molecule has 0 aliphatic rings. The SMILES string of the molecule is CCCOc1ccc(/C=C(\C#N)C(=O)Nc2sc(CC)cc2C(=O)OCC)cc1. The standard InChI is InChI=1S/C22H24N2O4S/c1-4-11-28-17-9-7-15(8-10-17)12-16(14-23)20(25)24-21-19(22(26)27-6-3)13-18(5-2)29-21/h7-10,12-13H,4-6,11H2,1-3H3,(H,24,25)/b16-12+. The number of aryl methyl sites for hydroxylation is 1. The van der Waals surface area contributed by atoms with Crippen molar-refractivity contribution < 1.29 is 19.1 Å². The summed E-state index contributed by atoms with van der Waals surface area (Å²) >= 11 is 1.30. The second kappa shape index (κ2) is 11.0. The van der Waals surface area contributed by atoms with E-state index in [9.17, 15) is 14.9 Å². The monoisotopic (exact) mass is 412 g/mol. The Bertz CT molecular complexity index is 923. The Morgan fingerprint density at radius 2 is 1.93 bits per heavy atom. The first-order valence-corrected chi connectivity index (χ1v) is 10.3. The first-order valence-electron chi connectivity index (χ1n) is 9.48. The van der Waals surface area contributed by atoms with Gasteiger partial charge in [-0.2, -0.15) is 5.26 Å². The highest BCUT2D eigenvalue weighted by molar-refractivity contribution is 7.16. The lowest BCUT2D eigenvalue weighted by atomic mass is 10.1. The number of nitriles is 1. The summed E-state index contributed by atoms with van der Waals surface area (Å²) in [6.45, 7) is 6.58. The molecule has 0 unspecified atom stereocenters. The van der Waals surface area contributed by atoms with E-state index in [1.54, 1.807) is 37.3 Å². The number of thiophene rings is 1. The Balaban J connectivity index is 2.20. The maximum Gasteiger partial charge on any atom is 0.341 e. The van der Waals surface area contributed by atoms with Crippen LogP contribution in [0.4, 0.5) is 5.00 Å². The number of carbonyl (C=O) groups is 2. The van der Waals surface area contributed by atoms with Crippen molar-refractivity contribution in [2.45, 2.75) is 33.6 Å². The second-order valence-electron chi connectivity index (χ2n) is 6.07. The molecule has 1 heterocycles. The Labute approximate surface area is 174 Å². The summed E-state index contributed by atoms with van der Waals surface area (Å²) < 4.78 is 10.6. The maximum absolute atomic E-state index is 12.6. The van der Waals surface area contributed by atoms with Gasteiger partial charge in [-0.1, -0.05) is 26.0 Å². The lowest BCUT2D eigenvalue weighted by molar-refractivity contribution is -0.112. The lowest BCUT2D eigenvalue weighted by Gasteiger charge is -2.06. The van der Waals surface area contributed by atoms with Crippen LogP contribution in [-0.4, -0.2) is 25.1 Å². The number of benzene rings is 1. The van der Waals surface area contributed by atoms with Crippen LogP contribution in [0.3, 0.4) is 0 Å². The summed E-state index contributed by atoms with van der Waals surface area (Å²) in [5, 5.41) is 12.5. The van der Waals surface area contributed by atoms with Crippen molar-refractivity contribution in [1.29, 1.82) is 5.26 Å². The highest BCUT2D eigenvalue weighted by Crippen LogP contribution is 2.30. The molecule has 152 valence electrons. The van der Waals surface area contributed by atoms with Crippen LogP contribution in [0.25, 0.3) is 6.08 Å². The Hall–Kier alpha value is -3.11. The van der Waals surface area contributed by atoms with E-state index in [4.69, 9.17) is 9.47 Å². The molecule has 0 radical (unpaired) electrons. The fourth-order valence-corrected chi connectivity index (χ4v) is 3.41. The van der Waals surface area contributed by atoms with Crippen LogP contribution in [0.2, 0.25) is 0 Å². The van der Waals surface area contributed by atoms with E-state index in [0.717, 1.165) is 23.5 Å². The molecule has 1 amide bonds. The van der Waals surface area contributed by atoms with Crippen molar-refractivity contribution >= 4 is 34.3 Å². The molecule has 0 saturated carbocycles. The summed E-state index contributed by atoms with van der Waals surface area (Å²) in [4.78, 5) is 25.7. The molecule has 0 saturated heterocycles. The van der Waals surface area contributed by atoms with Crippen molar-refractivity contribution in [2.75, 3.05) is 18.5 Å². The minimum absolute atomic E-state index is 0.0616. The Morgan fingerprint density at radius 3 is 2.52 bits per heavy atom. The Kier molecular flexibility index (Phi) is 8.44. The van der Waals surface area contributed by atoms with Gasteiger partial charge in [0.15, 0.2) is 0 Å². The predicted molar refractivity (Wildman–Crippen MR) is 114 cm³/mol. The van der Waals surface area contributed by atoms with E-state index in [0.29, 0.717) is 22.7 Å². The minimum atomic E-state index is -0.575. The molecule has 0 atom stereocenters. The molecule has 1 aromatic heterocycles. The highest BCUT2D eigenvalue weighted by atomic mass is 32.1. The number of ether oxygens (including phenoxy) is 2. The molecule has 0 fully saturated rings. The Morgan fingerprint density at radius 1 is 1.21 bits per heavy atom. The van der Waals surface area contributed by atoms with Gasteiger partial charge in [-0.3, -0.25) is 4.79 Å². The summed E-state index contributed by atoms with van der Waals surface area (Å²) in [6, 6.07) is 10.8. The third kappa shape index (κ3) is 6.19. The van der Waals surface area contributed by atoms with Crippen LogP contribution < -0.4 is 10.1 Å². The van der Waals surface area contributed by atoms with Crippen LogP contribution in [0, 0.1) is 11.3 Å². The van der Waals surface area contributed by atoms with Gasteiger partial charge in [0.05, 0.1) is 18.8 Å². The number of rotatable bonds is 9. The summed E-state index contributed by atoms with van der Waals surface area (Å²) in [7, 11) is 0. The zero-order valence-electron chi connectivity index (χ0n) is 16.8. The van der Waals surface area contributed by atoms with E-state index in [2.05, 4.69) is 5.32 Å². The first-order chi connectivity index (χ1) is 14.0. The number of nitrogens with zero attached hydrogens (tertiary/aromatic N) is 1. The van der Waals surface area contributed by atoms with Crippen molar-refractivity contribution in [3.8, 4) is 11.8 Å². The molecule has 6 nitrogen and oxygen atoms in total. The van der Waals surface area contributed by atoms with Crippen LogP contribution in [0.1, 0.15) is 48.0 Å². The smallest absolute Gasteiger partial charge is 0.341 e. The van der Waals surface area contributed by atoms with Gasteiger partial charge in [-0.25, -0.2) is 4.79 Å². The molecule has 2 aromatic rings. The largest absolute Gasteiger partial charge is 0.494 e. The number of esters is 1. The van der Waals surface area contributed by atoms with Gasteiger partial charge in [0.1, 0.15) is 22.4 Å². The van der Waals surface area contributed by atoms with E-state index < -0.39 is 11.9 Å². The van der Waals surface area contributed by atoms with Crippen LogP contribution >= 0.6 is 11.3 Å². The van der Waals surface area contributed by atoms with Gasteiger partial charge in [0.2, 0.25) is 0 Å². The number of hydrogen-bond donors (Lipinski definition) is 1. The number of amides is 1. The van der Waals surface area contributed by atoms with E-state index in [-0.39, 0.29) is 12.2 Å². The summed E-state index contributed by atoms with van der Waals surface area (Å²) in [5.74, 6) is -0.338. The fraction of sp³-hybridized carbons (Fsp3) is 0.318. The third-order valence-corrected chi connectivity index (χ3v) is 5.08. The van der Waals surface area contributed by atoms with E-state index in [1.165, 1.54) is 17.4 Å². The van der Waals surface area contributed by atoms with Crippen molar-refractivity contribution in [1.82, 2.24) is 0 Å². The molecule has 0 bridgehead atoms. The van der Waals surface area contributed by atoms with E-state index in [1.807, 2.05) is 19.9 Å². The van der Waals surface area contributed by atoms with Crippen LogP contribution in [0.5, 0.6) is 5.75 Å². The number of nitrogens with one attached hydrogen (secondary N) is 1. The van der Waals surface area contributed by atoms with Crippen molar-refractivity contribution in [3.63, 3.8) is 0 Å². The topological polar surface area (TPSA) is 88.4 Å². The van der Waals surface area contributed by atoms with Gasteiger partial charge in [-0.15, -0.1) is 11.3 Å². The molecule has 0 aliphatic heterocycles. The van der Waals surface area contributed by atoms with Crippen LogP contribution in [-0.2, 0) is 16.0 Å². The summed E-state index contributed by atoms with van der Waals surface area (Å²) in [6.07, 6.45) is 3.13. The van der Waals surface area contributed by atoms with Crippen LogP contribution in [0.15, 0.2) is 35.9 Å². The normalized spacial score (nSPS) is 10.9. The molecule has 29 heavy (non-hydrogen) atoms. The highest BCUT2D eigenvalue weighted by Gasteiger charge is 2.20. The van der Waals surface area contributed by atoms with Crippen molar-refractivity contribution in [3.05, 3.63) is 51.9 Å². The third-order valence-electron chi connectivity index (χ3n) is 3.88. The quantitative estimate of drug-likeness (QED) is 0.362. The predicted octanol–water partition coefficient (Wildman–Crippen LogP) is 4.82. The van der Waals surface area contributed by atoms with Gasteiger partial charge in [0.25, 0.3) is 5.91 Å². The minimum Gasteiger partial charge on any atom is -0.494 e. The molecule has 7 heteroatoms. The molecule has 2 rings (SSSR count). The fourth-order valence-electron chi connectivity index (χ4n) is 2.44. The molecule has 1 aromatic carbocycles. The number of hydrogen-bond acceptors (Lipinski definition) is 6. The molecular formula is C22H24N2O4S. The molecule has 0 aliphatic carbocycles. The average Bonchev–Trinajstić information content (AvgIpc) is 3.14. The molecule has 0 spiro atoms. The zero-order chi connectivity index (χ0) is 21.2. The first kappa shape index (κ1) is 22.2. The van der Waals surface area contributed by atoms with E-state index >= 15 is 0 Å². The summed E-state index contributed by atoms with van der Waals surface area (Å²) in [5.41, 5.74) is 0.942. The number of carbonyl (C=O) groups excluding carboxylic acids is 2. The molecular weight excluding hydrogens is 388 g/mol. The zero-order valence-corrected chi connectivity index (χ0v) is 17.6. The van der Waals surface area contributed by atoms with Gasteiger partial charge in [0, 0.05) is 4.88 Å². The second-order valence-corrected chi connectivity index (χ2v) is 7.21. The van der Waals surface area contributed by atoms with Gasteiger partial charge in [-0.05, 0) is 49.6 Å². The van der Waals surface area contributed by atoms with Crippen molar-refractivity contribution in [2.24, 2.45) is 0 Å². The van der Waals surface area contributed by atoms with Gasteiger partial charge >= 0.3 is 5.97 Å². The average molecular weight is 413 g/mol. The lowest BCUT2D eigenvalue weighted by Crippen LogP contribution is -2.15. The maximum atomic E-state index is 12.6. The number of anilines is 1. The van der Waals surface area contributed by atoms with Gasteiger partial charge < -0.3 is 14.8 Å². The molecule has 1 N–H and O–H groups in total.